The second-order valence-electron chi connectivity index (χ2n) is 7.83. The molecule has 1 aliphatic heterocycles. The first kappa shape index (κ1) is 22.7. The Labute approximate surface area is 194 Å². The van der Waals surface area contributed by atoms with E-state index in [9.17, 15) is 13.2 Å². The molecule has 8 heteroatoms. The fourth-order valence-corrected chi connectivity index (χ4v) is 5.48. The summed E-state index contributed by atoms with van der Waals surface area (Å²) in [5.41, 5.74) is 2.91. The highest BCUT2D eigenvalue weighted by Gasteiger charge is 2.31. The van der Waals surface area contributed by atoms with Gasteiger partial charge in [-0.05, 0) is 48.4 Å². The Morgan fingerprint density at radius 1 is 1.06 bits per heavy atom. The molecule has 0 bridgehead atoms. The van der Waals surface area contributed by atoms with Gasteiger partial charge in [0.15, 0.2) is 0 Å². The predicted octanol–water partition coefficient (Wildman–Crippen LogP) is 3.31. The Balaban J connectivity index is 1.51. The number of likely N-dealkylation sites (N-methyl/N-ethyl adjacent to an activating group) is 1. The maximum atomic E-state index is 13.4. The molecule has 172 valence electrons. The number of carbonyl (C=O) groups is 1. The minimum Gasteiger partial charge on any atom is -0.496 e. The van der Waals surface area contributed by atoms with Crippen molar-refractivity contribution in [2.75, 3.05) is 43.0 Å². The summed E-state index contributed by atoms with van der Waals surface area (Å²) in [5.74, 6) is -0.0585. The fourth-order valence-electron chi connectivity index (χ4n) is 3.95. The molecule has 0 aliphatic carbocycles. The van der Waals surface area contributed by atoms with E-state index in [1.807, 2.05) is 60.5 Å². The smallest absolute Gasteiger partial charge is 0.264 e. The molecule has 4 rings (SSSR count). The van der Waals surface area contributed by atoms with Gasteiger partial charge in [-0.15, -0.1) is 0 Å². The van der Waals surface area contributed by atoms with Gasteiger partial charge < -0.3 is 15.0 Å². The number of anilines is 2. The molecule has 0 spiro atoms. The molecule has 0 fully saturated rings. The first-order valence-electron chi connectivity index (χ1n) is 10.7. The number of hydrogen-bond acceptors (Lipinski definition) is 5. The van der Waals surface area contributed by atoms with E-state index < -0.39 is 10.0 Å². The molecule has 3 aromatic rings. The zero-order chi connectivity index (χ0) is 23.4. The van der Waals surface area contributed by atoms with Crippen molar-refractivity contribution < 1.29 is 17.9 Å². The molecular weight excluding hydrogens is 438 g/mol. The van der Waals surface area contributed by atoms with Crippen molar-refractivity contribution in [1.82, 2.24) is 5.32 Å². The standard InChI is InChI=1S/C25H27N3O4S/c1-27(20-9-4-3-5-10-20)17-15-26-25(29)22-18-21(12-13-24(22)32-2)33(30,31)28-16-14-19-8-6-7-11-23(19)28/h3-13,18H,14-17H2,1-2H3,(H,26,29). The van der Waals surface area contributed by atoms with Gasteiger partial charge in [0.05, 0.1) is 23.3 Å². The molecule has 0 aromatic heterocycles. The van der Waals surface area contributed by atoms with Crippen LogP contribution in [0.15, 0.2) is 77.7 Å². The first-order valence-corrected chi connectivity index (χ1v) is 12.2. The van der Waals surface area contributed by atoms with Crippen LogP contribution in [0, 0.1) is 0 Å². The van der Waals surface area contributed by atoms with Crippen LogP contribution >= 0.6 is 0 Å². The van der Waals surface area contributed by atoms with Gasteiger partial charge in [-0.3, -0.25) is 9.10 Å². The summed E-state index contributed by atoms with van der Waals surface area (Å²) in [5, 5.41) is 2.87. The van der Waals surface area contributed by atoms with Crippen LogP contribution in [0.25, 0.3) is 0 Å². The highest BCUT2D eigenvalue weighted by atomic mass is 32.2. The number of methoxy groups -OCH3 is 1. The minimum atomic E-state index is -3.81. The third-order valence-corrected chi connectivity index (χ3v) is 7.59. The van der Waals surface area contributed by atoms with Gasteiger partial charge in [0, 0.05) is 32.4 Å². The number of carbonyl (C=O) groups excluding carboxylic acids is 1. The maximum Gasteiger partial charge on any atom is 0.264 e. The van der Waals surface area contributed by atoms with E-state index in [1.165, 1.54) is 29.6 Å². The summed E-state index contributed by atoms with van der Waals surface area (Å²) < 4.78 is 33.5. The van der Waals surface area contributed by atoms with Gasteiger partial charge in [-0.25, -0.2) is 8.42 Å². The monoisotopic (exact) mass is 465 g/mol. The maximum absolute atomic E-state index is 13.4. The molecule has 1 aliphatic rings. The van der Waals surface area contributed by atoms with E-state index in [2.05, 4.69) is 5.32 Å². The zero-order valence-corrected chi connectivity index (χ0v) is 19.5. The number of fused-ring (bicyclic) bond motifs is 1. The third-order valence-electron chi connectivity index (χ3n) is 5.78. The highest BCUT2D eigenvalue weighted by Crippen LogP contribution is 2.33. The molecule has 0 unspecified atom stereocenters. The Bertz CT molecular complexity index is 1250. The molecule has 33 heavy (non-hydrogen) atoms. The van der Waals surface area contributed by atoms with Crippen molar-refractivity contribution in [3.05, 3.63) is 83.9 Å². The summed E-state index contributed by atoms with van der Waals surface area (Å²) in [6.07, 6.45) is 0.661. The number of sulfonamides is 1. The summed E-state index contributed by atoms with van der Waals surface area (Å²) in [6, 6.07) is 21.7. The third kappa shape index (κ3) is 4.66. The Hall–Kier alpha value is -3.52. The Morgan fingerprint density at radius 3 is 2.55 bits per heavy atom. The average Bonchev–Trinajstić information content (AvgIpc) is 3.29. The normalized spacial score (nSPS) is 12.8. The number of benzene rings is 3. The lowest BCUT2D eigenvalue weighted by molar-refractivity contribution is 0.0951. The van der Waals surface area contributed by atoms with E-state index in [1.54, 1.807) is 6.07 Å². The summed E-state index contributed by atoms with van der Waals surface area (Å²) in [7, 11) is -0.407. The van der Waals surface area contributed by atoms with Gasteiger partial charge >= 0.3 is 0 Å². The van der Waals surface area contributed by atoms with Crippen LogP contribution in [0.4, 0.5) is 11.4 Å². The molecular formula is C25H27N3O4S. The summed E-state index contributed by atoms with van der Waals surface area (Å²) >= 11 is 0. The number of hydrogen-bond donors (Lipinski definition) is 1. The van der Waals surface area contributed by atoms with Crippen LogP contribution in [0.1, 0.15) is 15.9 Å². The van der Waals surface area contributed by atoms with E-state index in [4.69, 9.17) is 4.74 Å². The molecule has 0 saturated carbocycles. The summed E-state index contributed by atoms with van der Waals surface area (Å²) in [6.45, 7) is 1.37. The number of nitrogens with one attached hydrogen (secondary N) is 1. The van der Waals surface area contributed by atoms with Crippen molar-refractivity contribution in [3.8, 4) is 5.75 Å². The second kappa shape index (κ2) is 9.54. The lowest BCUT2D eigenvalue weighted by Gasteiger charge is -2.21. The second-order valence-corrected chi connectivity index (χ2v) is 9.69. The van der Waals surface area contributed by atoms with Crippen molar-refractivity contribution in [3.63, 3.8) is 0 Å². The van der Waals surface area contributed by atoms with Gasteiger partial charge in [-0.2, -0.15) is 0 Å². The largest absolute Gasteiger partial charge is 0.496 e. The van der Waals surface area contributed by atoms with Gasteiger partial charge in [-0.1, -0.05) is 36.4 Å². The molecule has 1 heterocycles. The van der Waals surface area contributed by atoms with Crippen LogP contribution in [-0.4, -0.2) is 48.1 Å². The van der Waals surface area contributed by atoms with Gasteiger partial charge in [0.1, 0.15) is 5.75 Å². The summed E-state index contributed by atoms with van der Waals surface area (Å²) in [4.78, 5) is 15.0. The molecule has 0 saturated heterocycles. The van der Waals surface area contributed by atoms with Crippen LogP contribution < -0.4 is 19.3 Å². The molecule has 0 radical (unpaired) electrons. The molecule has 7 nitrogen and oxygen atoms in total. The SMILES string of the molecule is COc1ccc(S(=O)(=O)N2CCc3ccccc32)cc1C(=O)NCCN(C)c1ccccc1. The molecule has 3 aromatic carbocycles. The van der Waals surface area contributed by atoms with Crippen LogP contribution in [0.3, 0.4) is 0 Å². The quantitative estimate of drug-likeness (QED) is 0.552. The topological polar surface area (TPSA) is 79.0 Å². The molecule has 0 atom stereocenters. The van der Waals surface area contributed by atoms with Crippen LogP contribution in [0.5, 0.6) is 5.75 Å². The van der Waals surface area contributed by atoms with Crippen molar-refractivity contribution >= 4 is 27.3 Å². The van der Waals surface area contributed by atoms with E-state index in [0.29, 0.717) is 37.5 Å². The van der Waals surface area contributed by atoms with Gasteiger partial charge in [0.25, 0.3) is 15.9 Å². The number of nitrogens with zero attached hydrogens (tertiary/aromatic N) is 2. The number of para-hydroxylation sites is 2. The van der Waals surface area contributed by atoms with Crippen molar-refractivity contribution in [2.45, 2.75) is 11.3 Å². The van der Waals surface area contributed by atoms with Crippen molar-refractivity contribution in [1.29, 1.82) is 0 Å². The fraction of sp³-hybridized carbons (Fsp3) is 0.240. The number of rotatable bonds is 8. The molecule has 1 N–H and O–H groups in total. The average molecular weight is 466 g/mol. The lowest BCUT2D eigenvalue weighted by Crippen LogP contribution is -2.33. The number of amides is 1. The van der Waals surface area contributed by atoms with Crippen LogP contribution in [0.2, 0.25) is 0 Å². The Kier molecular flexibility index (Phi) is 6.55. The first-order chi connectivity index (χ1) is 15.9. The van der Waals surface area contributed by atoms with E-state index in [0.717, 1.165) is 11.3 Å². The van der Waals surface area contributed by atoms with Crippen LogP contribution in [-0.2, 0) is 16.4 Å². The minimum absolute atomic E-state index is 0.0616. The highest BCUT2D eigenvalue weighted by molar-refractivity contribution is 7.92. The zero-order valence-electron chi connectivity index (χ0n) is 18.7. The lowest BCUT2D eigenvalue weighted by atomic mass is 10.2. The van der Waals surface area contributed by atoms with Crippen molar-refractivity contribution in [2.24, 2.45) is 0 Å². The van der Waals surface area contributed by atoms with Gasteiger partial charge in [0.2, 0.25) is 0 Å². The van der Waals surface area contributed by atoms with E-state index >= 15 is 0 Å². The van der Waals surface area contributed by atoms with E-state index in [-0.39, 0.29) is 16.4 Å². The Morgan fingerprint density at radius 2 is 1.79 bits per heavy atom. The molecule has 1 amide bonds. The number of ether oxygens (including phenoxy) is 1. The predicted molar refractivity (Wildman–Crippen MR) is 130 cm³/mol.